The normalized spacial score (nSPS) is 15.2. The first-order valence-electron chi connectivity index (χ1n) is 7.42. The summed E-state index contributed by atoms with van der Waals surface area (Å²) in [5.41, 5.74) is 0. The number of aryl methyl sites for hydroxylation is 1. The molecule has 1 aliphatic rings. The lowest BCUT2D eigenvalue weighted by molar-refractivity contribution is 0.0712. The van der Waals surface area contributed by atoms with Gasteiger partial charge in [0.15, 0.2) is 5.76 Å². The SMILES string of the molecule is CCc1ccc(C(=O)N2CCN(c3ccc(Br)cn3)CC2)o1. The molecule has 0 unspecified atom stereocenters. The molecule has 1 fully saturated rings. The summed E-state index contributed by atoms with van der Waals surface area (Å²) in [5.74, 6) is 2.21. The Hall–Kier alpha value is -1.82. The first-order valence-corrected chi connectivity index (χ1v) is 8.21. The Morgan fingerprint density at radius 1 is 1.23 bits per heavy atom. The number of rotatable bonds is 3. The fraction of sp³-hybridized carbons (Fsp3) is 0.375. The molecular formula is C16H18BrN3O2. The predicted octanol–water partition coefficient (Wildman–Crippen LogP) is 2.96. The standard InChI is InChI=1S/C16H18BrN3O2/c1-2-13-4-5-14(22-13)16(21)20-9-7-19(8-10-20)15-6-3-12(17)11-18-15/h3-6,11H,2,7-10H2,1H3. The lowest BCUT2D eigenvalue weighted by Crippen LogP contribution is -2.49. The molecule has 22 heavy (non-hydrogen) atoms. The van der Waals surface area contributed by atoms with E-state index >= 15 is 0 Å². The zero-order chi connectivity index (χ0) is 15.5. The highest BCUT2D eigenvalue weighted by Crippen LogP contribution is 2.18. The van der Waals surface area contributed by atoms with Gasteiger partial charge >= 0.3 is 0 Å². The van der Waals surface area contributed by atoms with Gasteiger partial charge in [0.1, 0.15) is 11.6 Å². The van der Waals surface area contributed by atoms with Crippen molar-refractivity contribution in [3.63, 3.8) is 0 Å². The maximum Gasteiger partial charge on any atom is 0.289 e. The molecule has 6 heteroatoms. The highest BCUT2D eigenvalue weighted by molar-refractivity contribution is 9.10. The number of piperazine rings is 1. The average molecular weight is 364 g/mol. The number of pyridine rings is 1. The van der Waals surface area contributed by atoms with Crippen LogP contribution in [0.4, 0.5) is 5.82 Å². The number of halogens is 1. The van der Waals surface area contributed by atoms with Crippen LogP contribution in [0.15, 0.2) is 39.4 Å². The summed E-state index contributed by atoms with van der Waals surface area (Å²) in [6.45, 7) is 4.93. The van der Waals surface area contributed by atoms with Crippen molar-refractivity contribution in [3.05, 3.63) is 46.5 Å². The lowest BCUT2D eigenvalue weighted by atomic mass is 10.2. The van der Waals surface area contributed by atoms with Crippen molar-refractivity contribution in [1.82, 2.24) is 9.88 Å². The first-order chi connectivity index (χ1) is 10.7. The molecule has 0 radical (unpaired) electrons. The number of carbonyl (C=O) groups is 1. The van der Waals surface area contributed by atoms with Crippen molar-refractivity contribution in [2.75, 3.05) is 31.1 Å². The molecule has 1 aliphatic heterocycles. The molecule has 116 valence electrons. The predicted molar refractivity (Wildman–Crippen MR) is 88.1 cm³/mol. The van der Waals surface area contributed by atoms with Crippen LogP contribution in [-0.2, 0) is 6.42 Å². The second kappa shape index (κ2) is 6.52. The molecule has 5 nitrogen and oxygen atoms in total. The number of furan rings is 1. The molecule has 1 saturated heterocycles. The molecule has 1 amide bonds. The summed E-state index contributed by atoms with van der Waals surface area (Å²) < 4.78 is 6.52. The van der Waals surface area contributed by atoms with Crippen LogP contribution >= 0.6 is 15.9 Å². The van der Waals surface area contributed by atoms with Crippen molar-refractivity contribution in [2.45, 2.75) is 13.3 Å². The smallest absolute Gasteiger partial charge is 0.289 e. The third-order valence-electron chi connectivity index (χ3n) is 3.82. The Kier molecular flexibility index (Phi) is 4.47. The van der Waals surface area contributed by atoms with Gasteiger partial charge in [-0.05, 0) is 40.2 Å². The van der Waals surface area contributed by atoms with Crippen LogP contribution in [0.3, 0.4) is 0 Å². The zero-order valence-corrected chi connectivity index (χ0v) is 14.0. The van der Waals surface area contributed by atoms with E-state index in [-0.39, 0.29) is 5.91 Å². The van der Waals surface area contributed by atoms with Crippen LogP contribution in [0.5, 0.6) is 0 Å². The fourth-order valence-electron chi connectivity index (χ4n) is 2.53. The third kappa shape index (κ3) is 3.16. The molecule has 3 heterocycles. The summed E-state index contributed by atoms with van der Waals surface area (Å²) in [7, 11) is 0. The Balaban J connectivity index is 1.61. The van der Waals surface area contributed by atoms with Gasteiger partial charge in [-0.1, -0.05) is 6.92 Å². The monoisotopic (exact) mass is 363 g/mol. The minimum absolute atomic E-state index is 0.0249. The van der Waals surface area contributed by atoms with Crippen molar-refractivity contribution < 1.29 is 9.21 Å². The number of anilines is 1. The maximum atomic E-state index is 12.4. The van der Waals surface area contributed by atoms with Crippen LogP contribution in [0.2, 0.25) is 0 Å². The summed E-state index contributed by atoms with van der Waals surface area (Å²) in [5, 5.41) is 0. The second-order valence-corrected chi connectivity index (χ2v) is 6.15. The fourth-order valence-corrected chi connectivity index (χ4v) is 2.77. The molecule has 0 aliphatic carbocycles. The summed E-state index contributed by atoms with van der Waals surface area (Å²) in [4.78, 5) is 20.8. The number of amides is 1. The first kappa shape index (κ1) is 15.1. The van der Waals surface area contributed by atoms with E-state index in [4.69, 9.17) is 4.42 Å². The van der Waals surface area contributed by atoms with Crippen LogP contribution in [0.1, 0.15) is 23.2 Å². The topological polar surface area (TPSA) is 49.6 Å². The molecule has 0 spiro atoms. The van der Waals surface area contributed by atoms with Crippen LogP contribution in [0, 0.1) is 0 Å². The van der Waals surface area contributed by atoms with Crippen molar-refractivity contribution in [1.29, 1.82) is 0 Å². The van der Waals surface area contributed by atoms with E-state index in [0.29, 0.717) is 18.8 Å². The molecule has 2 aromatic heterocycles. The Labute approximate surface area is 138 Å². The van der Waals surface area contributed by atoms with Crippen molar-refractivity contribution >= 4 is 27.7 Å². The zero-order valence-electron chi connectivity index (χ0n) is 12.5. The number of hydrogen-bond acceptors (Lipinski definition) is 4. The third-order valence-corrected chi connectivity index (χ3v) is 4.29. The molecule has 3 rings (SSSR count). The lowest BCUT2D eigenvalue weighted by Gasteiger charge is -2.35. The van der Waals surface area contributed by atoms with E-state index in [9.17, 15) is 4.79 Å². The quantitative estimate of drug-likeness (QED) is 0.840. The molecule has 0 atom stereocenters. The number of hydrogen-bond donors (Lipinski definition) is 0. The number of aromatic nitrogens is 1. The van der Waals surface area contributed by atoms with Gasteiger partial charge in [-0.2, -0.15) is 0 Å². The van der Waals surface area contributed by atoms with Gasteiger partial charge in [-0.15, -0.1) is 0 Å². The molecule has 0 saturated carbocycles. The largest absolute Gasteiger partial charge is 0.456 e. The molecular weight excluding hydrogens is 346 g/mol. The van der Waals surface area contributed by atoms with Crippen LogP contribution < -0.4 is 4.90 Å². The molecule has 0 N–H and O–H groups in total. The van der Waals surface area contributed by atoms with Gasteiger partial charge in [0.05, 0.1) is 0 Å². The van der Waals surface area contributed by atoms with Gasteiger partial charge in [0.25, 0.3) is 5.91 Å². The van der Waals surface area contributed by atoms with E-state index in [1.807, 2.05) is 30.0 Å². The van der Waals surface area contributed by atoms with Crippen molar-refractivity contribution in [2.24, 2.45) is 0 Å². The van der Waals surface area contributed by atoms with Gasteiger partial charge < -0.3 is 14.2 Å². The van der Waals surface area contributed by atoms with E-state index in [2.05, 4.69) is 25.8 Å². The Morgan fingerprint density at radius 2 is 2.00 bits per heavy atom. The van der Waals surface area contributed by atoms with Gasteiger partial charge in [0.2, 0.25) is 0 Å². The Morgan fingerprint density at radius 3 is 2.59 bits per heavy atom. The molecule has 0 aromatic carbocycles. The van der Waals surface area contributed by atoms with Crippen LogP contribution in [0.25, 0.3) is 0 Å². The summed E-state index contributed by atoms with van der Waals surface area (Å²) in [6.07, 6.45) is 2.60. The van der Waals surface area contributed by atoms with E-state index in [1.165, 1.54) is 0 Å². The van der Waals surface area contributed by atoms with E-state index in [1.54, 1.807) is 12.3 Å². The van der Waals surface area contributed by atoms with E-state index < -0.39 is 0 Å². The second-order valence-electron chi connectivity index (χ2n) is 5.23. The number of carbonyl (C=O) groups excluding carboxylic acids is 1. The highest BCUT2D eigenvalue weighted by Gasteiger charge is 2.24. The summed E-state index contributed by atoms with van der Waals surface area (Å²) in [6, 6.07) is 7.61. The van der Waals surface area contributed by atoms with Gasteiger partial charge in [-0.25, -0.2) is 4.98 Å². The highest BCUT2D eigenvalue weighted by atomic mass is 79.9. The Bertz CT molecular complexity index is 646. The minimum Gasteiger partial charge on any atom is -0.456 e. The molecule has 2 aromatic rings. The average Bonchev–Trinajstić information content (AvgIpc) is 3.04. The van der Waals surface area contributed by atoms with Crippen molar-refractivity contribution in [3.8, 4) is 0 Å². The van der Waals surface area contributed by atoms with Crippen LogP contribution in [-0.4, -0.2) is 42.0 Å². The number of nitrogens with zero attached hydrogens (tertiary/aromatic N) is 3. The van der Waals surface area contributed by atoms with E-state index in [0.717, 1.165) is 35.6 Å². The van der Waals surface area contributed by atoms with Gasteiger partial charge in [0, 0.05) is 43.3 Å². The summed E-state index contributed by atoms with van der Waals surface area (Å²) >= 11 is 3.39. The maximum absolute atomic E-state index is 12.4. The minimum atomic E-state index is -0.0249. The van der Waals surface area contributed by atoms with Gasteiger partial charge in [-0.3, -0.25) is 4.79 Å². The molecule has 0 bridgehead atoms.